The number of ether oxygens (including phenoxy) is 3. The molecule has 0 aliphatic rings. The van der Waals surface area contributed by atoms with Crippen LogP contribution in [0.3, 0.4) is 0 Å². The van der Waals surface area contributed by atoms with E-state index in [4.69, 9.17) is 14.2 Å². The Labute approximate surface area is 154 Å². The monoisotopic (exact) mass is 406 g/mol. The number of hydrogen-bond donors (Lipinski definition) is 1. The smallest absolute Gasteiger partial charge is 0.427 e. The molecule has 2 aromatic carbocycles. The van der Waals surface area contributed by atoms with Gasteiger partial charge in [-0.3, -0.25) is 0 Å². The number of carbonyl (C=O) groups excluding carboxylic acids is 1. The van der Waals surface area contributed by atoms with Gasteiger partial charge in [-0.25, -0.2) is 10.2 Å². The number of hydrazone groups is 1. The van der Waals surface area contributed by atoms with Crippen molar-refractivity contribution in [3.63, 3.8) is 0 Å². The number of amides is 1. The highest BCUT2D eigenvalue weighted by Gasteiger charge is 2.11. The third-order valence-corrected chi connectivity index (χ3v) is 3.71. The first kappa shape index (κ1) is 18.8. The van der Waals surface area contributed by atoms with Crippen molar-refractivity contribution in [2.45, 2.75) is 13.5 Å². The molecule has 0 fully saturated rings. The highest BCUT2D eigenvalue weighted by Crippen LogP contribution is 2.36. The zero-order valence-corrected chi connectivity index (χ0v) is 15.6. The van der Waals surface area contributed by atoms with E-state index in [1.54, 1.807) is 20.1 Å². The van der Waals surface area contributed by atoms with Crippen LogP contribution in [0.5, 0.6) is 11.5 Å². The van der Waals surface area contributed by atoms with Crippen molar-refractivity contribution in [3.05, 3.63) is 58.1 Å². The predicted octanol–water partition coefficient (Wildman–Crippen LogP) is 4.12. The second-order valence-corrected chi connectivity index (χ2v) is 5.75. The molecule has 0 saturated carbocycles. The van der Waals surface area contributed by atoms with Crippen molar-refractivity contribution in [1.82, 2.24) is 5.43 Å². The number of rotatable bonds is 7. The lowest BCUT2D eigenvalue weighted by atomic mass is 10.2. The molecule has 7 heteroatoms. The van der Waals surface area contributed by atoms with Gasteiger partial charge in [-0.2, -0.15) is 5.10 Å². The normalized spacial score (nSPS) is 10.5. The van der Waals surface area contributed by atoms with E-state index in [-0.39, 0.29) is 6.61 Å². The number of halogens is 1. The average molecular weight is 407 g/mol. The highest BCUT2D eigenvalue weighted by molar-refractivity contribution is 9.10. The van der Waals surface area contributed by atoms with Crippen molar-refractivity contribution in [1.29, 1.82) is 0 Å². The Morgan fingerprint density at radius 3 is 2.72 bits per heavy atom. The molecule has 0 bridgehead atoms. The van der Waals surface area contributed by atoms with Gasteiger partial charge in [-0.1, -0.05) is 30.3 Å². The molecule has 0 aromatic heterocycles. The summed E-state index contributed by atoms with van der Waals surface area (Å²) in [5, 5.41) is 3.83. The molecule has 2 aromatic rings. The summed E-state index contributed by atoms with van der Waals surface area (Å²) >= 11 is 3.48. The van der Waals surface area contributed by atoms with Gasteiger partial charge in [0.05, 0.1) is 24.4 Å². The minimum Gasteiger partial charge on any atom is -0.493 e. The number of nitrogens with one attached hydrogen (secondary N) is 1. The number of hydrogen-bond acceptors (Lipinski definition) is 5. The molecule has 0 radical (unpaired) electrons. The summed E-state index contributed by atoms with van der Waals surface area (Å²) in [5.74, 6) is 1.16. The number of nitrogens with zero attached hydrogens (tertiary/aromatic N) is 1. The Kier molecular flexibility index (Phi) is 7.28. The second-order valence-electron chi connectivity index (χ2n) is 4.90. The highest BCUT2D eigenvalue weighted by atomic mass is 79.9. The second kappa shape index (κ2) is 9.68. The fourth-order valence-corrected chi connectivity index (χ4v) is 2.58. The molecule has 0 unspecified atom stereocenters. The van der Waals surface area contributed by atoms with Crippen LogP contribution >= 0.6 is 15.9 Å². The van der Waals surface area contributed by atoms with E-state index < -0.39 is 6.09 Å². The van der Waals surface area contributed by atoms with Gasteiger partial charge in [-0.05, 0) is 46.1 Å². The average Bonchev–Trinajstić information content (AvgIpc) is 2.61. The number of benzene rings is 2. The molecule has 132 valence electrons. The number of carbonyl (C=O) groups is 1. The summed E-state index contributed by atoms with van der Waals surface area (Å²) in [6.45, 7) is 2.43. The SMILES string of the molecule is CCOC(=O)N/N=C\c1cc(Br)c(OCc2ccccc2)c(OC)c1. The van der Waals surface area contributed by atoms with E-state index in [1.807, 2.05) is 36.4 Å². The zero-order chi connectivity index (χ0) is 18.1. The standard InChI is InChI=1S/C18H19BrN2O4/c1-3-24-18(22)21-20-11-14-9-15(19)17(16(10-14)23-2)25-12-13-7-5-4-6-8-13/h4-11H,3,12H2,1-2H3,(H,21,22)/b20-11-. The first-order valence-electron chi connectivity index (χ1n) is 7.64. The summed E-state index contributed by atoms with van der Waals surface area (Å²) in [7, 11) is 1.56. The molecule has 2 rings (SSSR count). The summed E-state index contributed by atoms with van der Waals surface area (Å²) < 4.78 is 16.7. The zero-order valence-electron chi connectivity index (χ0n) is 14.0. The lowest BCUT2D eigenvalue weighted by Crippen LogP contribution is -2.18. The summed E-state index contributed by atoms with van der Waals surface area (Å²) in [5.41, 5.74) is 4.06. The van der Waals surface area contributed by atoms with E-state index in [2.05, 4.69) is 26.5 Å². The predicted molar refractivity (Wildman–Crippen MR) is 99.2 cm³/mol. The molecule has 1 N–H and O–H groups in total. The maximum absolute atomic E-state index is 11.2. The van der Waals surface area contributed by atoms with Gasteiger partial charge in [0.15, 0.2) is 11.5 Å². The lowest BCUT2D eigenvalue weighted by molar-refractivity contribution is 0.152. The van der Waals surface area contributed by atoms with Gasteiger partial charge < -0.3 is 14.2 Å². The molecule has 1 amide bonds. The maximum atomic E-state index is 11.2. The Morgan fingerprint density at radius 2 is 2.04 bits per heavy atom. The van der Waals surface area contributed by atoms with Gasteiger partial charge in [0.1, 0.15) is 6.61 Å². The largest absolute Gasteiger partial charge is 0.493 e. The van der Waals surface area contributed by atoms with Gasteiger partial charge >= 0.3 is 6.09 Å². The van der Waals surface area contributed by atoms with Gasteiger partial charge in [-0.15, -0.1) is 0 Å². The molecule has 0 heterocycles. The quantitative estimate of drug-likeness (QED) is 0.554. The maximum Gasteiger partial charge on any atom is 0.427 e. The fraction of sp³-hybridized carbons (Fsp3) is 0.222. The minimum absolute atomic E-state index is 0.286. The van der Waals surface area contributed by atoms with E-state index >= 15 is 0 Å². The van der Waals surface area contributed by atoms with Crippen molar-refractivity contribution in [2.75, 3.05) is 13.7 Å². The lowest BCUT2D eigenvalue weighted by Gasteiger charge is -2.13. The van der Waals surface area contributed by atoms with Crippen LogP contribution in [0, 0.1) is 0 Å². The van der Waals surface area contributed by atoms with E-state index in [0.717, 1.165) is 15.6 Å². The van der Waals surface area contributed by atoms with Crippen LogP contribution in [0.4, 0.5) is 4.79 Å². The summed E-state index contributed by atoms with van der Waals surface area (Å²) in [6.07, 6.45) is 0.887. The van der Waals surface area contributed by atoms with Crippen LogP contribution in [0.1, 0.15) is 18.1 Å². The van der Waals surface area contributed by atoms with Crippen molar-refractivity contribution in [3.8, 4) is 11.5 Å². The third kappa shape index (κ3) is 5.79. The fourth-order valence-electron chi connectivity index (χ4n) is 2.01. The van der Waals surface area contributed by atoms with Crippen LogP contribution in [0.15, 0.2) is 52.0 Å². The van der Waals surface area contributed by atoms with E-state index in [0.29, 0.717) is 18.1 Å². The third-order valence-electron chi connectivity index (χ3n) is 3.12. The molecular weight excluding hydrogens is 388 g/mol. The minimum atomic E-state index is -0.604. The molecule has 0 saturated heterocycles. The van der Waals surface area contributed by atoms with Crippen LogP contribution < -0.4 is 14.9 Å². The summed E-state index contributed by atoms with van der Waals surface area (Å²) in [6, 6.07) is 13.4. The molecule has 6 nitrogen and oxygen atoms in total. The van der Waals surface area contributed by atoms with Crippen molar-refractivity contribution < 1.29 is 19.0 Å². The number of methoxy groups -OCH3 is 1. The van der Waals surface area contributed by atoms with E-state index in [9.17, 15) is 4.79 Å². The summed E-state index contributed by atoms with van der Waals surface area (Å²) in [4.78, 5) is 11.2. The molecule has 25 heavy (non-hydrogen) atoms. The van der Waals surface area contributed by atoms with Crippen LogP contribution in [0.25, 0.3) is 0 Å². The topological polar surface area (TPSA) is 69.2 Å². The Bertz CT molecular complexity index is 735. The van der Waals surface area contributed by atoms with Crippen molar-refractivity contribution in [2.24, 2.45) is 5.10 Å². The van der Waals surface area contributed by atoms with Crippen LogP contribution in [-0.2, 0) is 11.3 Å². The van der Waals surface area contributed by atoms with E-state index in [1.165, 1.54) is 6.21 Å². The Hall–Kier alpha value is -2.54. The Balaban J connectivity index is 2.09. The molecule has 0 spiro atoms. The van der Waals surface area contributed by atoms with Crippen LogP contribution in [-0.4, -0.2) is 26.0 Å². The Morgan fingerprint density at radius 1 is 1.28 bits per heavy atom. The van der Waals surface area contributed by atoms with Crippen LogP contribution in [0.2, 0.25) is 0 Å². The molecular formula is C18H19BrN2O4. The van der Waals surface area contributed by atoms with Crippen molar-refractivity contribution >= 4 is 28.2 Å². The molecule has 0 atom stereocenters. The van der Waals surface area contributed by atoms with Gasteiger partial charge in [0, 0.05) is 0 Å². The van der Waals surface area contributed by atoms with Gasteiger partial charge in [0.25, 0.3) is 0 Å². The first-order chi connectivity index (χ1) is 12.1. The molecule has 0 aliphatic carbocycles. The van der Waals surface area contributed by atoms with Gasteiger partial charge in [0.2, 0.25) is 0 Å². The first-order valence-corrected chi connectivity index (χ1v) is 8.43. The molecule has 0 aliphatic heterocycles.